The molecule has 1 aliphatic rings. The summed E-state index contributed by atoms with van der Waals surface area (Å²) in [6, 6.07) is 6.13. The van der Waals surface area contributed by atoms with Gasteiger partial charge in [0, 0.05) is 0 Å². The molecule has 0 saturated carbocycles. The van der Waals surface area contributed by atoms with Gasteiger partial charge in [0.25, 0.3) is 0 Å². The zero-order valence-electron chi connectivity index (χ0n) is 13.6. The van der Waals surface area contributed by atoms with Gasteiger partial charge in [-0.05, 0) is 31.9 Å². The topological polar surface area (TPSA) is 38.3 Å². The standard InChI is InChI=1S/C17H28N2O2/c1-4-18-8-10-19(11-9-18)12-16(20)13-21-17-14(2)6-5-7-15(17)3/h5-7,16,20H,4,8-13H2,1-3H3/p+2/t16-/m1/s1. The number of piperazine rings is 1. The molecule has 0 spiro atoms. The molecule has 1 aliphatic heterocycles. The Hall–Kier alpha value is -1.10. The quantitative estimate of drug-likeness (QED) is 0.620. The van der Waals surface area contributed by atoms with Crippen LogP contribution in [-0.2, 0) is 0 Å². The minimum atomic E-state index is -0.387. The molecule has 4 heteroatoms. The van der Waals surface area contributed by atoms with Crippen LogP contribution in [0.3, 0.4) is 0 Å². The van der Waals surface area contributed by atoms with Crippen molar-refractivity contribution in [3.05, 3.63) is 29.3 Å². The summed E-state index contributed by atoms with van der Waals surface area (Å²) in [7, 11) is 0. The molecule has 1 atom stereocenters. The summed E-state index contributed by atoms with van der Waals surface area (Å²) in [4.78, 5) is 3.19. The average Bonchev–Trinajstić information content (AvgIpc) is 2.47. The van der Waals surface area contributed by atoms with E-state index in [0.717, 1.165) is 36.5 Å². The molecule has 1 aromatic rings. The number of quaternary nitrogens is 2. The molecule has 1 saturated heterocycles. The van der Waals surface area contributed by atoms with Crippen molar-refractivity contribution in [2.24, 2.45) is 0 Å². The highest BCUT2D eigenvalue weighted by Gasteiger charge is 2.24. The SMILES string of the molecule is CC[NH+]1CC[NH+](C[C@@H](O)COc2c(C)cccc2C)CC1. The number of hydrogen-bond acceptors (Lipinski definition) is 2. The number of ether oxygens (including phenoxy) is 1. The lowest BCUT2D eigenvalue weighted by atomic mass is 10.1. The third-order valence-electron chi connectivity index (χ3n) is 4.52. The van der Waals surface area contributed by atoms with Gasteiger partial charge in [-0.25, -0.2) is 0 Å². The van der Waals surface area contributed by atoms with Crippen molar-refractivity contribution in [2.45, 2.75) is 26.9 Å². The molecule has 0 unspecified atom stereocenters. The van der Waals surface area contributed by atoms with Crippen LogP contribution in [0.2, 0.25) is 0 Å². The van der Waals surface area contributed by atoms with Gasteiger partial charge >= 0.3 is 0 Å². The molecule has 0 bridgehead atoms. The van der Waals surface area contributed by atoms with Crippen LogP contribution in [0.4, 0.5) is 0 Å². The largest absolute Gasteiger partial charge is 0.490 e. The van der Waals surface area contributed by atoms with Crippen LogP contribution in [0.1, 0.15) is 18.1 Å². The van der Waals surface area contributed by atoms with Gasteiger partial charge in [0.05, 0.1) is 6.54 Å². The van der Waals surface area contributed by atoms with E-state index >= 15 is 0 Å². The second-order valence-corrected chi connectivity index (χ2v) is 6.24. The molecular formula is C17H30N2O2+2. The first-order valence-corrected chi connectivity index (χ1v) is 8.14. The van der Waals surface area contributed by atoms with E-state index in [-0.39, 0.29) is 6.10 Å². The lowest BCUT2D eigenvalue weighted by Gasteiger charge is -2.30. The Morgan fingerprint density at radius 1 is 1.10 bits per heavy atom. The lowest BCUT2D eigenvalue weighted by Crippen LogP contribution is -3.28. The zero-order chi connectivity index (χ0) is 15.2. The number of para-hydroxylation sites is 1. The highest BCUT2D eigenvalue weighted by Crippen LogP contribution is 2.22. The molecule has 0 aromatic heterocycles. The average molecular weight is 294 g/mol. The van der Waals surface area contributed by atoms with Crippen molar-refractivity contribution < 1.29 is 19.6 Å². The van der Waals surface area contributed by atoms with Crippen molar-refractivity contribution in [1.82, 2.24) is 0 Å². The molecule has 1 aromatic carbocycles. The van der Waals surface area contributed by atoms with Crippen molar-refractivity contribution in [3.8, 4) is 5.75 Å². The molecule has 1 heterocycles. The van der Waals surface area contributed by atoms with Crippen LogP contribution in [0.25, 0.3) is 0 Å². The van der Waals surface area contributed by atoms with E-state index < -0.39 is 0 Å². The molecule has 2 rings (SSSR count). The van der Waals surface area contributed by atoms with Crippen molar-refractivity contribution in [1.29, 1.82) is 0 Å². The zero-order valence-corrected chi connectivity index (χ0v) is 13.6. The predicted octanol–water partition coefficient (Wildman–Crippen LogP) is -1.15. The number of aliphatic hydroxyl groups is 1. The molecule has 4 nitrogen and oxygen atoms in total. The van der Waals surface area contributed by atoms with Gasteiger partial charge in [0.2, 0.25) is 0 Å². The van der Waals surface area contributed by atoms with E-state index in [1.807, 2.05) is 32.0 Å². The summed E-state index contributed by atoms with van der Waals surface area (Å²) in [6.45, 7) is 13.5. The second kappa shape index (κ2) is 7.78. The van der Waals surface area contributed by atoms with Gasteiger partial charge in [-0.1, -0.05) is 18.2 Å². The summed E-state index contributed by atoms with van der Waals surface area (Å²) in [5.74, 6) is 0.923. The van der Waals surface area contributed by atoms with Crippen LogP contribution in [-0.4, -0.2) is 57.1 Å². The molecule has 118 valence electrons. The van der Waals surface area contributed by atoms with Gasteiger partial charge in [-0.15, -0.1) is 0 Å². The Bertz CT molecular complexity index is 422. The predicted molar refractivity (Wildman–Crippen MR) is 84.2 cm³/mol. The third-order valence-corrected chi connectivity index (χ3v) is 4.52. The Morgan fingerprint density at radius 3 is 2.24 bits per heavy atom. The number of hydrogen-bond donors (Lipinski definition) is 3. The number of aryl methyl sites for hydroxylation is 2. The summed E-state index contributed by atoms with van der Waals surface area (Å²) in [6.07, 6.45) is -0.387. The maximum absolute atomic E-state index is 10.2. The summed E-state index contributed by atoms with van der Waals surface area (Å²) >= 11 is 0. The molecule has 3 N–H and O–H groups in total. The maximum atomic E-state index is 10.2. The normalized spacial score (nSPS) is 23.8. The molecule has 0 amide bonds. The van der Waals surface area contributed by atoms with Gasteiger partial charge in [-0.2, -0.15) is 0 Å². The maximum Gasteiger partial charge on any atom is 0.137 e. The summed E-state index contributed by atoms with van der Waals surface area (Å²) in [5.41, 5.74) is 2.27. The van der Waals surface area contributed by atoms with E-state index in [4.69, 9.17) is 4.74 Å². The lowest BCUT2D eigenvalue weighted by molar-refractivity contribution is -1.01. The first-order chi connectivity index (χ1) is 10.1. The smallest absolute Gasteiger partial charge is 0.137 e. The summed E-state index contributed by atoms with van der Waals surface area (Å²) in [5, 5.41) is 10.2. The molecule has 0 aliphatic carbocycles. The number of benzene rings is 1. The van der Waals surface area contributed by atoms with Crippen molar-refractivity contribution in [3.63, 3.8) is 0 Å². The second-order valence-electron chi connectivity index (χ2n) is 6.24. The van der Waals surface area contributed by atoms with Crippen LogP contribution in [0, 0.1) is 13.8 Å². The van der Waals surface area contributed by atoms with E-state index in [1.165, 1.54) is 24.5 Å². The van der Waals surface area contributed by atoms with Gasteiger partial charge < -0.3 is 19.6 Å². The van der Waals surface area contributed by atoms with Crippen LogP contribution < -0.4 is 14.5 Å². The minimum absolute atomic E-state index is 0.387. The molecular weight excluding hydrogens is 264 g/mol. The van der Waals surface area contributed by atoms with Crippen LogP contribution >= 0.6 is 0 Å². The Kier molecular flexibility index (Phi) is 6.03. The van der Waals surface area contributed by atoms with Gasteiger partial charge in [-0.3, -0.25) is 0 Å². The van der Waals surface area contributed by atoms with Gasteiger partial charge in [0.15, 0.2) is 0 Å². The molecule has 0 radical (unpaired) electrons. The number of rotatable bonds is 6. The van der Waals surface area contributed by atoms with Crippen LogP contribution in [0.15, 0.2) is 18.2 Å². The monoisotopic (exact) mass is 294 g/mol. The Balaban J connectivity index is 1.76. The number of likely N-dealkylation sites (N-methyl/N-ethyl adjacent to an activating group) is 1. The van der Waals surface area contributed by atoms with Crippen molar-refractivity contribution in [2.75, 3.05) is 45.9 Å². The fourth-order valence-electron chi connectivity index (χ4n) is 3.11. The number of aliphatic hydroxyl groups excluding tert-OH is 1. The third kappa shape index (κ3) is 4.70. The van der Waals surface area contributed by atoms with E-state index in [9.17, 15) is 5.11 Å². The fraction of sp³-hybridized carbons (Fsp3) is 0.647. The van der Waals surface area contributed by atoms with Crippen molar-refractivity contribution >= 4 is 0 Å². The molecule has 1 fully saturated rings. The van der Waals surface area contributed by atoms with E-state index in [0.29, 0.717) is 6.61 Å². The Labute approximate surface area is 128 Å². The first kappa shape index (κ1) is 16.3. The fourth-order valence-corrected chi connectivity index (χ4v) is 3.11. The van der Waals surface area contributed by atoms with E-state index in [1.54, 1.807) is 4.90 Å². The minimum Gasteiger partial charge on any atom is -0.490 e. The number of nitrogens with one attached hydrogen (secondary N) is 2. The van der Waals surface area contributed by atoms with Gasteiger partial charge in [0.1, 0.15) is 51.2 Å². The Morgan fingerprint density at radius 2 is 1.67 bits per heavy atom. The highest BCUT2D eigenvalue weighted by molar-refractivity contribution is 5.39. The highest BCUT2D eigenvalue weighted by atomic mass is 16.5. The molecule has 21 heavy (non-hydrogen) atoms. The van der Waals surface area contributed by atoms with Crippen LogP contribution in [0.5, 0.6) is 5.75 Å². The van der Waals surface area contributed by atoms with E-state index in [2.05, 4.69) is 6.92 Å². The summed E-state index contributed by atoms with van der Waals surface area (Å²) < 4.78 is 5.84. The first-order valence-electron chi connectivity index (χ1n) is 8.14.